The average Bonchev–Trinajstić information content (AvgIpc) is 2.23. The van der Waals surface area contributed by atoms with Crippen LogP contribution < -0.4 is 51.4 Å². The number of thiol groups is 1. The van der Waals surface area contributed by atoms with Gasteiger partial charge in [0.05, 0.1) is 0 Å². The zero-order chi connectivity index (χ0) is 9.80. The van der Waals surface area contributed by atoms with Crippen LogP contribution in [0.5, 0.6) is 0 Å². The first-order valence-corrected chi connectivity index (χ1v) is 5.12. The molecule has 0 aliphatic carbocycles. The van der Waals surface area contributed by atoms with Crippen molar-refractivity contribution < 1.29 is 52.8 Å². The van der Waals surface area contributed by atoms with E-state index in [1.807, 2.05) is 18.2 Å². The van der Waals surface area contributed by atoms with E-state index in [2.05, 4.69) is 49.0 Å². The molecule has 0 saturated carbocycles. The average molecular weight is 240 g/mol. The summed E-state index contributed by atoms with van der Waals surface area (Å²) >= 11 is 4.43. The van der Waals surface area contributed by atoms with E-state index in [0.29, 0.717) is 0 Å². The van der Waals surface area contributed by atoms with E-state index in [-0.39, 0.29) is 52.8 Å². The number of rotatable bonds is 2. The quantitative estimate of drug-likeness (QED) is 0.579. The molecule has 0 radical (unpaired) electrons. The van der Waals surface area contributed by atoms with Gasteiger partial charge in [0.25, 0.3) is 0 Å². The van der Waals surface area contributed by atoms with Crippen molar-refractivity contribution in [1.82, 2.24) is 0 Å². The van der Waals surface area contributed by atoms with Crippen molar-refractivity contribution in [2.75, 3.05) is 0 Å². The number of hydrogen-bond donors (Lipinski definition) is 1. The van der Waals surface area contributed by atoms with Gasteiger partial charge in [-0.05, 0) is 23.6 Å². The predicted octanol–water partition coefficient (Wildman–Crippen LogP) is 0.683. The Labute approximate surface area is 140 Å². The van der Waals surface area contributed by atoms with Crippen LogP contribution in [0.15, 0.2) is 59.5 Å². The van der Waals surface area contributed by atoms with Crippen LogP contribution in [0.1, 0.15) is 12.6 Å². The topological polar surface area (TPSA) is 0 Å². The molecule has 0 nitrogen and oxygen atoms in total. The molecule has 2 rings (SSSR count). The van der Waals surface area contributed by atoms with E-state index < -0.39 is 0 Å². The van der Waals surface area contributed by atoms with Crippen molar-refractivity contribution in [3.63, 3.8) is 0 Å². The van der Waals surface area contributed by atoms with Crippen molar-refractivity contribution in [2.24, 2.45) is 0 Å². The van der Waals surface area contributed by atoms with E-state index in [4.69, 9.17) is 0 Å². The third kappa shape index (κ3) is 4.06. The van der Waals surface area contributed by atoms with Gasteiger partial charge in [0.1, 0.15) is 0 Å². The maximum atomic E-state index is 4.43. The summed E-state index contributed by atoms with van der Waals surface area (Å²) in [7, 11) is 0. The van der Waals surface area contributed by atoms with Gasteiger partial charge in [0.2, 0.25) is 0 Å². The Bertz CT molecular complexity index is 417. The Kier molecular flexibility index (Phi) is 6.20. The van der Waals surface area contributed by atoms with Crippen LogP contribution in [0.3, 0.4) is 0 Å². The van der Waals surface area contributed by atoms with Crippen LogP contribution in [-0.4, -0.2) is 0 Å². The smallest absolute Gasteiger partial charge is 1.00 e. The van der Waals surface area contributed by atoms with Crippen molar-refractivity contribution in [2.45, 2.75) is 11.3 Å². The van der Waals surface area contributed by atoms with Gasteiger partial charge in [-0.3, -0.25) is 0 Å². The molecular formula is C13H13KS. The van der Waals surface area contributed by atoms with E-state index >= 15 is 0 Å². The predicted molar refractivity (Wildman–Crippen MR) is 64.1 cm³/mol. The van der Waals surface area contributed by atoms with Crippen molar-refractivity contribution in [3.05, 3.63) is 65.7 Å². The second kappa shape index (κ2) is 6.89. The van der Waals surface area contributed by atoms with Gasteiger partial charge in [-0.15, -0.1) is 12.6 Å². The fraction of sp³-hybridized carbons (Fsp3) is 0.0769. The monoisotopic (exact) mass is 240 g/mol. The molecule has 0 N–H and O–H groups in total. The molecule has 0 atom stereocenters. The number of hydrogen-bond acceptors (Lipinski definition) is 1. The minimum Gasteiger partial charge on any atom is -1.00 e. The first-order valence-electron chi connectivity index (χ1n) is 4.67. The molecule has 0 unspecified atom stereocenters. The zero-order valence-corrected chi connectivity index (χ0v) is 12.9. The van der Waals surface area contributed by atoms with E-state index in [9.17, 15) is 0 Å². The van der Waals surface area contributed by atoms with Crippen molar-refractivity contribution >= 4 is 12.6 Å². The normalized spacial score (nSPS) is 9.40. The molecule has 0 aromatic heterocycles. The van der Waals surface area contributed by atoms with Crippen LogP contribution in [0, 0.1) is 0 Å². The van der Waals surface area contributed by atoms with Gasteiger partial charge in [-0.2, -0.15) is 0 Å². The molecule has 2 aromatic rings. The third-order valence-electron chi connectivity index (χ3n) is 2.23. The van der Waals surface area contributed by atoms with Crippen LogP contribution >= 0.6 is 12.6 Å². The Morgan fingerprint density at radius 1 is 0.867 bits per heavy atom. The molecule has 72 valence electrons. The molecule has 0 aliphatic rings. The summed E-state index contributed by atoms with van der Waals surface area (Å²) < 4.78 is 0. The van der Waals surface area contributed by atoms with E-state index in [1.54, 1.807) is 0 Å². The van der Waals surface area contributed by atoms with Gasteiger partial charge in [0.15, 0.2) is 0 Å². The summed E-state index contributed by atoms with van der Waals surface area (Å²) in [6, 6.07) is 18.7. The fourth-order valence-corrected chi connectivity index (χ4v) is 1.72. The summed E-state index contributed by atoms with van der Waals surface area (Å²) in [5.74, 6) is 0. The maximum absolute atomic E-state index is 4.43. The molecule has 0 saturated heterocycles. The Hall–Kier alpha value is 0.426. The summed E-state index contributed by atoms with van der Waals surface area (Å²) in [5, 5.41) is 0. The Morgan fingerprint density at radius 3 is 2.13 bits per heavy atom. The van der Waals surface area contributed by atoms with Gasteiger partial charge in [-0.1, -0.05) is 48.5 Å². The molecule has 0 bridgehead atoms. The Morgan fingerprint density at radius 2 is 1.47 bits per heavy atom. The SMILES string of the molecule is Sc1ccccc1Cc1ccccc1.[H-].[K+]. The molecule has 0 heterocycles. The van der Waals surface area contributed by atoms with E-state index in [0.717, 1.165) is 11.3 Å². The van der Waals surface area contributed by atoms with Crippen LogP contribution in [0.2, 0.25) is 0 Å². The summed E-state index contributed by atoms with van der Waals surface area (Å²) in [6.45, 7) is 0. The molecular weight excluding hydrogens is 227 g/mol. The first kappa shape index (κ1) is 13.5. The minimum atomic E-state index is 0. The molecule has 0 aliphatic heterocycles. The van der Waals surface area contributed by atoms with Crippen LogP contribution in [0.4, 0.5) is 0 Å². The molecule has 0 amide bonds. The van der Waals surface area contributed by atoms with Crippen LogP contribution in [0.25, 0.3) is 0 Å². The molecule has 2 aromatic carbocycles. The molecule has 0 spiro atoms. The molecule has 15 heavy (non-hydrogen) atoms. The van der Waals surface area contributed by atoms with E-state index in [1.165, 1.54) is 11.1 Å². The first-order chi connectivity index (χ1) is 6.86. The summed E-state index contributed by atoms with van der Waals surface area (Å²) in [6.07, 6.45) is 0.959. The summed E-state index contributed by atoms with van der Waals surface area (Å²) in [4.78, 5) is 1.07. The second-order valence-electron chi connectivity index (χ2n) is 3.29. The standard InChI is InChI=1S/C13H12S.K.H/c14-13-9-5-4-8-12(13)10-11-6-2-1-3-7-11;;/h1-9,14H,10H2;;/q;+1;-1. The molecule has 2 heteroatoms. The van der Waals surface area contributed by atoms with Crippen LogP contribution in [-0.2, 0) is 6.42 Å². The van der Waals surface area contributed by atoms with Crippen molar-refractivity contribution in [1.29, 1.82) is 0 Å². The largest absolute Gasteiger partial charge is 1.00 e. The minimum absolute atomic E-state index is 0. The molecule has 0 fully saturated rings. The number of benzene rings is 2. The van der Waals surface area contributed by atoms with Crippen molar-refractivity contribution in [3.8, 4) is 0 Å². The van der Waals surface area contributed by atoms with Gasteiger partial charge >= 0.3 is 51.4 Å². The fourth-order valence-electron chi connectivity index (χ4n) is 1.48. The van der Waals surface area contributed by atoms with Gasteiger partial charge in [-0.25, -0.2) is 0 Å². The second-order valence-corrected chi connectivity index (χ2v) is 3.77. The summed E-state index contributed by atoms with van der Waals surface area (Å²) in [5.41, 5.74) is 2.61. The van der Waals surface area contributed by atoms with Gasteiger partial charge in [0, 0.05) is 4.90 Å². The Balaban J connectivity index is 0.00000112. The maximum Gasteiger partial charge on any atom is 1.00 e. The van der Waals surface area contributed by atoms with Gasteiger partial charge < -0.3 is 1.43 Å². The third-order valence-corrected chi connectivity index (χ3v) is 2.67. The zero-order valence-electron chi connectivity index (χ0n) is 9.85.